The lowest BCUT2D eigenvalue weighted by atomic mass is 10.0. The third-order valence-corrected chi connectivity index (χ3v) is 3.36. The van der Waals surface area contributed by atoms with Crippen LogP contribution in [0, 0.1) is 0 Å². The van der Waals surface area contributed by atoms with E-state index >= 15 is 0 Å². The predicted octanol–water partition coefficient (Wildman–Crippen LogP) is 2.47. The van der Waals surface area contributed by atoms with E-state index < -0.39 is 5.60 Å². The first-order chi connectivity index (χ1) is 9.23. The normalized spacial score (nSPS) is 22.9. The van der Waals surface area contributed by atoms with Crippen LogP contribution in [0.5, 0.6) is 0 Å². The highest BCUT2D eigenvalue weighted by atomic mass is 16.6. The third-order valence-electron chi connectivity index (χ3n) is 3.36. The fourth-order valence-electron chi connectivity index (χ4n) is 2.50. The monoisotopic (exact) mass is 284 g/mol. The van der Waals surface area contributed by atoms with Crippen LogP contribution in [-0.4, -0.2) is 41.0 Å². The standard InChI is InChI=1S/C15H28N2O3/c1-5-6-13(18)8-7-12-9-11(16)10-17(12)14(19)20-15(2,3)4/h11-12H,5-10,16H2,1-4H3/t11-,12-/m1/s1. The van der Waals surface area contributed by atoms with Crippen molar-refractivity contribution in [2.75, 3.05) is 6.54 Å². The van der Waals surface area contributed by atoms with Crippen molar-refractivity contribution in [1.82, 2.24) is 4.90 Å². The molecule has 0 unspecified atom stereocenters. The molecule has 5 heteroatoms. The Hall–Kier alpha value is -1.10. The van der Waals surface area contributed by atoms with Gasteiger partial charge in [-0.1, -0.05) is 6.92 Å². The molecule has 2 N–H and O–H groups in total. The predicted molar refractivity (Wildman–Crippen MR) is 78.5 cm³/mol. The molecule has 0 bridgehead atoms. The number of hydrogen-bond acceptors (Lipinski definition) is 4. The summed E-state index contributed by atoms with van der Waals surface area (Å²) in [6.45, 7) is 8.06. The number of nitrogens with two attached hydrogens (primary N) is 1. The number of nitrogens with zero attached hydrogens (tertiary/aromatic N) is 1. The molecule has 1 aliphatic rings. The number of carbonyl (C=O) groups is 2. The van der Waals surface area contributed by atoms with Crippen molar-refractivity contribution in [3.05, 3.63) is 0 Å². The first kappa shape index (κ1) is 17.0. The van der Waals surface area contributed by atoms with Gasteiger partial charge in [-0.15, -0.1) is 0 Å². The maximum atomic E-state index is 12.2. The van der Waals surface area contributed by atoms with E-state index in [1.165, 1.54) is 0 Å². The van der Waals surface area contributed by atoms with Crippen LogP contribution in [-0.2, 0) is 9.53 Å². The second-order valence-corrected chi connectivity index (χ2v) is 6.61. The number of Topliss-reactive ketones (excluding diaryl/α,β-unsaturated/α-hetero) is 1. The second-order valence-electron chi connectivity index (χ2n) is 6.61. The van der Waals surface area contributed by atoms with Crippen molar-refractivity contribution < 1.29 is 14.3 Å². The summed E-state index contributed by atoms with van der Waals surface area (Å²) in [6, 6.07) is 0.00875. The smallest absolute Gasteiger partial charge is 0.410 e. The Morgan fingerprint density at radius 3 is 2.50 bits per heavy atom. The highest BCUT2D eigenvalue weighted by Gasteiger charge is 2.35. The lowest BCUT2D eigenvalue weighted by Crippen LogP contribution is -2.40. The Labute approximate surface area is 121 Å². The molecule has 1 saturated heterocycles. The molecule has 2 atom stereocenters. The molecular weight excluding hydrogens is 256 g/mol. The summed E-state index contributed by atoms with van der Waals surface area (Å²) in [7, 11) is 0. The highest BCUT2D eigenvalue weighted by molar-refractivity contribution is 5.78. The highest BCUT2D eigenvalue weighted by Crippen LogP contribution is 2.24. The molecule has 1 aliphatic heterocycles. The van der Waals surface area contributed by atoms with Crippen LogP contribution in [0.1, 0.15) is 59.8 Å². The van der Waals surface area contributed by atoms with E-state index in [0.29, 0.717) is 25.8 Å². The van der Waals surface area contributed by atoms with E-state index in [9.17, 15) is 9.59 Å². The molecule has 5 nitrogen and oxygen atoms in total. The number of ketones is 1. The molecule has 1 heterocycles. The fraction of sp³-hybridized carbons (Fsp3) is 0.867. The van der Waals surface area contributed by atoms with Gasteiger partial charge >= 0.3 is 6.09 Å². The molecule has 0 aliphatic carbocycles. The van der Waals surface area contributed by atoms with Crippen molar-refractivity contribution in [3.63, 3.8) is 0 Å². The summed E-state index contributed by atoms with van der Waals surface area (Å²) in [6.07, 6.45) is 3.12. The summed E-state index contributed by atoms with van der Waals surface area (Å²) in [4.78, 5) is 25.5. The molecule has 1 amide bonds. The van der Waals surface area contributed by atoms with Gasteiger partial charge in [0.2, 0.25) is 0 Å². The quantitative estimate of drug-likeness (QED) is 0.841. The molecule has 0 aromatic heterocycles. The zero-order chi connectivity index (χ0) is 15.3. The van der Waals surface area contributed by atoms with E-state index in [1.54, 1.807) is 4.90 Å². The van der Waals surface area contributed by atoms with Crippen molar-refractivity contribution in [2.24, 2.45) is 5.73 Å². The van der Waals surface area contributed by atoms with Gasteiger partial charge in [0.15, 0.2) is 0 Å². The molecule has 116 valence electrons. The van der Waals surface area contributed by atoms with Gasteiger partial charge in [-0.25, -0.2) is 4.79 Å². The van der Waals surface area contributed by atoms with Crippen LogP contribution in [0.25, 0.3) is 0 Å². The lowest BCUT2D eigenvalue weighted by Gasteiger charge is -2.28. The zero-order valence-electron chi connectivity index (χ0n) is 13.1. The minimum absolute atomic E-state index is 0.0196. The third kappa shape index (κ3) is 5.49. The Morgan fingerprint density at radius 1 is 1.30 bits per heavy atom. The van der Waals surface area contributed by atoms with Gasteiger partial charge < -0.3 is 15.4 Å². The first-order valence-corrected chi connectivity index (χ1v) is 7.50. The molecule has 0 saturated carbocycles. The van der Waals surface area contributed by atoms with Crippen LogP contribution in [0.3, 0.4) is 0 Å². The second kappa shape index (κ2) is 7.07. The Morgan fingerprint density at radius 2 is 1.95 bits per heavy atom. The van der Waals surface area contributed by atoms with Gasteiger partial charge in [-0.2, -0.15) is 0 Å². The van der Waals surface area contributed by atoms with Gasteiger partial charge in [0.1, 0.15) is 11.4 Å². The van der Waals surface area contributed by atoms with Crippen LogP contribution in [0.15, 0.2) is 0 Å². The molecule has 0 spiro atoms. The van der Waals surface area contributed by atoms with Gasteiger partial charge in [-0.05, 0) is 40.0 Å². The average molecular weight is 284 g/mol. The topological polar surface area (TPSA) is 72.6 Å². The molecule has 1 fully saturated rings. The summed E-state index contributed by atoms with van der Waals surface area (Å²) in [5.74, 6) is 0.261. The van der Waals surface area contributed by atoms with Gasteiger partial charge in [0.25, 0.3) is 0 Å². The van der Waals surface area contributed by atoms with Gasteiger partial charge in [-0.3, -0.25) is 4.79 Å². The van der Waals surface area contributed by atoms with Gasteiger partial charge in [0.05, 0.1) is 0 Å². The lowest BCUT2D eigenvalue weighted by molar-refractivity contribution is -0.119. The minimum Gasteiger partial charge on any atom is -0.444 e. The summed E-state index contributed by atoms with van der Waals surface area (Å²) >= 11 is 0. The summed E-state index contributed by atoms with van der Waals surface area (Å²) in [5, 5.41) is 0. The number of hydrogen-bond donors (Lipinski definition) is 1. The minimum atomic E-state index is -0.508. The van der Waals surface area contributed by atoms with Crippen LogP contribution < -0.4 is 5.73 Å². The van der Waals surface area contributed by atoms with E-state index in [-0.39, 0.29) is 24.0 Å². The Balaban J connectivity index is 2.55. The van der Waals surface area contributed by atoms with Crippen molar-refractivity contribution in [3.8, 4) is 0 Å². The Bertz CT molecular complexity index is 350. The molecule has 0 radical (unpaired) electrons. The van der Waals surface area contributed by atoms with Crippen molar-refractivity contribution >= 4 is 11.9 Å². The maximum Gasteiger partial charge on any atom is 0.410 e. The van der Waals surface area contributed by atoms with Crippen LogP contribution in [0.4, 0.5) is 4.79 Å². The van der Waals surface area contributed by atoms with E-state index in [2.05, 4.69) is 0 Å². The summed E-state index contributed by atoms with van der Waals surface area (Å²) < 4.78 is 5.40. The molecular formula is C15H28N2O3. The number of amides is 1. The number of rotatable bonds is 5. The van der Waals surface area contributed by atoms with Gasteiger partial charge in [0, 0.05) is 31.5 Å². The van der Waals surface area contributed by atoms with Crippen molar-refractivity contribution in [1.29, 1.82) is 0 Å². The molecule has 0 aromatic rings. The molecule has 1 rings (SSSR count). The fourth-order valence-corrected chi connectivity index (χ4v) is 2.50. The molecule has 0 aromatic carbocycles. The average Bonchev–Trinajstić information content (AvgIpc) is 2.66. The summed E-state index contributed by atoms with van der Waals surface area (Å²) in [5.41, 5.74) is 5.44. The van der Waals surface area contributed by atoms with Crippen molar-refractivity contribution in [2.45, 2.75) is 77.5 Å². The first-order valence-electron chi connectivity index (χ1n) is 7.50. The van der Waals surface area contributed by atoms with Crippen LogP contribution >= 0.6 is 0 Å². The zero-order valence-corrected chi connectivity index (χ0v) is 13.1. The number of carbonyl (C=O) groups excluding carboxylic acids is 2. The molecule has 20 heavy (non-hydrogen) atoms. The maximum absolute atomic E-state index is 12.2. The number of ether oxygens (including phenoxy) is 1. The Kier molecular flexibility index (Phi) is 5.99. The van der Waals surface area contributed by atoms with E-state index in [4.69, 9.17) is 10.5 Å². The largest absolute Gasteiger partial charge is 0.444 e. The number of likely N-dealkylation sites (tertiary alicyclic amines) is 1. The van der Waals surface area contributed by atoms with E-state index in [0.717, 1.165) is 12.8 Å². The SMILES string of the molecule is CCCC(=O)CC[C@@H]1C[C@@H](N)CN1C(=O)OC(C)(C)C. The van der Waals surface area contributed by atoms with Crippen LogP contribution in [0.2, 0.25) is 0 Å². The van der Waals surface area contributed by atoms with E-state index in [1.807, 2.05) is 27.7 Å².